The van der Waals surface area contributed by atoms with Crippen molar-refractivity contribution < 1.29 is 9.90 Å². The fourth-order valence-electron chi connectivity index (χ4n) is 2.54. The van der Waals surface area contributed by atoms with Gasteiger partial charge in [0.1, 0.15) is 0 Å². The molecular formula is C13H26N2O2. The molecule has 0 aromatic rings. The number of nitrogens with one attached hydrogen (secondary N) is 1. The Morgan fingerprint density at radius 3 is 2.71 bits per heavy atom. The summed E-state index contributed by atoms with van der Waals surface area (Å²) in [5, 5.41) is 13.2. The van der Waals surface area contributed by atoms with Crippen LogP contribution in [0.1, 0.15) is 39.5 Å². The zero-order chi connectivity index (χ0) is 12.8. The first kappa shape index (κ1) is 14.5. The van der Waals surface area contributed by atoms with E-state index < -0.39 is 0 Å². The van der Waals surface area contributed by atoms with Gasteiger partial charge in [-0.25, -0.2) is 0 Å². The number of aliphatic hydroxyl groups excluding tert-OH is 1. The van der Waals surface area contributed by atoms with Gasteiger partial charge in [-0.15, -0.1) is 0 Å². The van der Waals surface area contributed by atoms with Gasteiger partial charge in [0, 0.05) is 31.5 Å². The Balaban J connectivity index is 2.62. The van der Waals surface area contributed by atoms with E-state index in [0.29, 0.717) is 19.0 Å². The molecule has 0 aliphatic carbocycles. The van der Waals surface area contributed by atoms with Crippen LogP contribution >= 0.6 is 0 Å². The lowest BCUT2D eigenvalue weighted by molar-refractivity contribution is -0.134. The number of amides is 1. The quantitative estimate of drug-likeness (QED) is 0.756. The van der Waals surface area contributed by atoms with Gasteiger partial charge >= 0.3 is 0 Å². The maximum absolute atomic E-state index is 11.9. The van der Waals surface area contributed by atoms with Crippen molar-refractivity contribution in [3.05, 3.63) is 0 Å². The molecule has 0 bridgehead atoms. The molecule has 0 aromatic carbocycles. The number of likely N-dealkylation sites (N-methyl/N-ethyl adjacent to an activating group) is 1. The molecule has 1 heterocycles. The van der Waals surface area contributed by atoms with E-state index in [-0.39, 0.29) is 17.9 Å². The summed E-state index contributed by atoms with van der Waals surface area (Å²) in [7, 11) is 1.92. The molecule has 4 nitrogen and oxygen atoms in total. The summed E-state index contributed by atoms with van der Waals surface area (Å²) in [6.07, 6.45) is 2.94. The third kappa shape index (κ3) is 3.96. The molecule has 2 N–H and O–H groups in total. The number of carbonyl (C=O) groups excluding carboxylic acids is 1. The molecule has 1 rings (SSSR count). The van der Waals surface area contributed by atoms with Crippen molar-refractivity contribution in [1.29, 1.82) is 0 Å². The molecule has 0 radical (unpaired) electrons. The highest BCUT2D eigenvalue weighted by molar-refractivity contribution is 5.76. The highest BCUT2D eigenvalue weighted by atomic mass is 16.3. The van der Waals surface area contributed by atoms with Crippen LogP contribution in [0.15, 0.2) is 0 Å². The van der Waals surface area contributed by atoms with Gasteiger partial charge in [0.25, 0.3) is 0 Å². The van der Waals surface area contributed by atoms with Gasteiger partial charge in [-0.3, -0.25) is 4.79 Å². The average Bonchev–Trinajstić information content (AvgIpc) is 2.37. The van der Waals surface area contributed by atoms with Gasteiger partial charge in [0.2, 0.25) is 5.91 Å². The molecule has 3 atom stereocenters. The van der Waals surface area contributed by atoms with E-state index in [1.165, 1.54) is 0 Å². The highest BCUT2D eigenvalue weighted by Crippen LogP contribution is 2.22. The van der Waals surface area contributed by atoms with E-state index in [4.69, 9.17) is 0 Å². The van der Waals surface area contributed by atoms with Crippen LogP contribution in [0.4, 0.5) is 0 Å². The molecule has 3 unspecified atom stereocenters. The highest BCUT2D eigenvalue weighted by Gasteiger charge is 2.31. The minimum absolute atomic E-state index is 0.215. The second-order valence-electron chi connectivity index (χ2n) is 5.01. The number of piperidine rings is 1. The van der Waals surface area contributed by atoms with Gasteiger partial charge in [0.05, 0.1) is 6.10 Å². The van der Waals surface area contributed by atoms with Crippen molar-refractivity contribution in [3.63, 3.8) is 0 Å². The van der Waals surface area contributed by atoms with Crippen LogP contribution in [0.25, 0.3) is 0 Å². The molecule has 1 amide bonds. The van der Waals surface area contributed by atoms with Gasteiger partial charge < -0.3 is 15.3 Å². The Morgan fingerprint density at radius 2 is 2.18 bits per heavy atom. The van der Waals surface area contributed by atoms with Gasteiger partial charge in [-0.05, 0) is 26.3 Å². The van der Waals surface area contributed by atoms with E-state index in [1.54, 1.807) is 0 Å². The second kappa shape index (κ2) is 6.97. The van der Waals surface area contributed by atoms with Crippen molar-refractivity contribution in [2.75, 3.05) is 20.1 Å². The summed E-state index contributed by atoms with van der Waals surface area (Å²) >= 11 is 0. The molecule has 0 spiro atoms. The van der Waals surface area contributed by atoms with Crippen molar-refractivity contribution in [2.45, 2.75) is 51.7 Å². The molecule has 4 heteroatoms. The third-order valence-corrected chi connectivity index (χ3v) is 3.67. The van der Waals surface area contributed by atoms with Gasteiger partial charge in [-0.2, -0.15) is 0 Å². The fourth-order valence-corrected chi connectivity index (χ4v) is 2.54. The largest absolute Gasteiger partial charge is 0.393 e. The number of hydrogen-bond acceptors (Lipinski definition) is 3. The number of carbonyl (C=O) groups is 1. The van der Waals surface area contributed by atoms with Crippen LogP contribution in [-0.2, 0) is 4.79 Å². The van der Waals surface area contributed by atoms with E-state index in [2.05, 4.69) is 5.32 Å². The zero-order valence-electron chi connectivity index (χ0n) is 11.3. The average molecular weight is 242 g/mol. The minimum atomic E-state index is -0.289. The maximum atomic E-state index is 11.9. The molecule has 1 aliphatic rings. The van der Waals surface area contributed by atoms with Crippen LogP contribution < -0.4 is 5.32 Å². The van der Waals surface area contributed by atoms with E-state index >= 15 is 0 Å². The number of likely N-dealkylation sites (tertiary alicyclic amines) is 1. The minimum Gasteiger partial charge on any atom is -0.393 e. The molecule has 0 saturated carbocycles. The molecule has 1 aliphatic heterocycles. The van der Waals surface area contributed by atoms with Crippen LogP contribution in [0.5, 0.6) is 0 Å². The lowest BCUT2D eigenvalue weighted by Gasteiger charge is -2.39. The number of nitrogens with zero attached hydrogens (tertiary/aromatic N) is 1. The van der Waals surface area contributed by atoms with Crippen molar-refractivity contribution in [2.24, 2.45) is 5.92 Å². The Kier molecular flexibility index (Phi) is 5.92. The van der Waals surface area contributed by atoms with E-state index in [9.17, 15) is 9.90 Å². The smallest absolute Gasteiger partial charge is 0.222 e. The summed E-state index contributed by atoms with van der Waals surface area (Å²) < 4.78 is 0. The monoisotopic (exact) mass is 242 g/mol. The topological polar surface area (TPSA) is 52.6 Å². The lowest BCUT2D eigenvalue weighted by Crippen LogP contribution is -2.52. The van der Waals surface area contributed by atoms with Gasteiger partial charge in [0.15, 0.2) is 0 Å². The first-order valence-electron chi connectivity index (χ1n) is 6.75. The predicted octanol–water partition coefficient (Wildman–Crippen LogP) is 0.994. The summed E-state index contributed by atoms with van der Waals surface area (Å²) in [5.41, 5.74) is 0. The molecule has 17 heavy (non-hydrogen) atoms. The first-order valence-corrected chi connectivity index (χ1v) is 6.75. The van der Waals surface area contributed by atoms with Crippen LogP contribution in [0.3, 0.4) is 0 Å². The van der Waals surface area contributed by atoms with Crippen molar-refractivity contribution in [1.82, 2.24) is 10.2 Å². The van der Waals surface area contributed by atoms with Crippen molar-refractivity contribution >= 4 is 5.91 Å². The number of rotatable bonds is 5. The molecular weight excluding hydrogens is 216 g/mol. The molecule has 0 aromatic heterocycles. The summed E-state index contributed by atoms with van der Waals surface area (Å²) in [6.45, 7) is 5.51. The maximum Gasteiger partial charge on any atom is 0.222 e. The number of hydrogen-bond donors (Lipinski definition) is 2. The molecule has 1 fully saturated rings. The lowest BCUT2D eigenvalue weighted by atomic mass is 9.88. The standard InChI is InChI=1S/C13H26N2O2/c1-4-6-13(17)15-8-10(12(16)5-2)7-11(9-15)14-3/h10-12,14,16H,4-9H2,1-3H3. The normalized spacial score (nSPS) is 26.9. The Labute approximate surface area is 104 Å². The molecule has 100 valence electrons. The summed E-state index contributed by atoms with van der Waals surface area (Å²) in [6, 6.07) is 0.316. The zero-order valence-corrected chi connectivity index (χ0v) is 11.3. The second-order valence-corrected chi connectivity index (χ2v) is 5.01. The van der Waals surface area contributed by atoms with Gasteiger partial charge in [-0.1, -0.05) is 13.8 Å². The van der Waals surface area contributed by atoms with Crippen LogP contribution in [-0.4, -0.2) is 48.2 Å². The van der Waals surface area contributed by atoms with E-state index in [0.717, 1.165) is 25.8 Å². The fraction of sp³-hybridized carbons (Fsp3) is 0.923. The Bertz CT molecular complexity index is 246. The van der Waals surface area contributed by atoms with Crippen LogP contribution in [0.2, 0.25) is 0 Å². The third-order valence-electron chi connectivity index (χ3n) is 3.67. The Hall–Kier alpha value is -0.610. The first-order chi connectivity index (χ1) is 8.12. The number of aliphatic hydroxyl groups is 1. The summed E-state index contributed by atoms with van der Waals surface area (Å²) in [4.78, 5) is 13.8. The van der Waals surface area contributed by atoms with E-state index in [1.807, 2.05) is 25.8 Å². The van der Waals surface area contributed by atoms with Crippen LogP contribution in [0, 0.1) is 5.92 Å². The van der Waals surface area contributed by atoms with Crippen molar-refractivity contribution in [3.8, 4) is 0 Å². The summed E-state index contributed by atoms with van der Waals surface area (Å²) in [5.74, 6) is 0.438. The SMILES string of the molecule is CCCC(=O)N1CC(NC)CC(C(O)CC)C1. The predicted molar refractivity (Wildman–Crippen MR) is 68.7 cm³/mol. The Morgan fingerprint density at radius 1 is 1.47 bits per heavy atom. The molecule has 1 saturated heterocycles.